The highest BCUT2D eigenvalue weighted by atomic mass is 15.4. The lowest BCUT2D eigenvalue weighted by atomic mass is 9.97. The first kappa shape index (κ1) is 20.5. The Labute approximate surface area is 172 Å². The molecule has 0 bridgehead atoms. The molecule has 1 heterocycles. The first-order valence-corrected chi connectivity index (χ1v) is 10.1. The fraction of sp³-hybridized carbons (Fsp3) is 0.304. The number of benzene rings is 2. The van der Waals surface area contributed by atoms with E-state index in [0.29, 0.717) is 5.82 Å². The van der Waals surface area contributed by atoms with Crippen LogP contribution in [0.5, 0.6) is 0 Å². The molecule has 0 aliphatic heterocycles. The molecule has 6 nitrogen and oxygen atoms in total. The van der Waals surface area contributed by atoms with E-state index in [0.717, 1.165) is 28.5 Å². The van der Waals surface area contributed by atoms with Gasteiger partial charge in [-0.05, 0) is 47.7 Å². The number of hydrazone groups is 1. The zero-order valence-corrected chi connectivity index (χ0v) is 17.1. The number of aryl methyl sites for hydroxylation is 1. The molecule has 3 rings (SSSR count). The summed E-state index contributed by atoms with van der Waals surface area (Å²) >= 11 is 0. The number of aromatic nitrogens is 1. The van der Waals surface area contributed by atoms with Gasteiger partial charge in [0.15, 0.2) is 0 Å². The molecule has 6 heteroatoms. The van der Waals surface area contributed by atoms with E-state index in [2.05, 4.69) is 47.5 Å². The van der Waals surface area contributed by atoms with Crippen molar-refractivity contribution in [2.75, 3.05) is 11.9 Å². The van der Waals surface area contributed by atoms with Crippen molar-refractivity contribution >= 4 is 22.7 Å². The average molecular weight is 389 g/mol. The fourth-order valence-corrected chi connectivity index (χ4v) is 3.49. The lowest BCUT2D eigenvalue weighted by molar-refractivity contribution is 0.667. The Bertz CT molecular complexity index is 997. The van der Waals surface area contributed by atoms with E-state index in [1.54, 1.807) is 11.9 Å². The lowest BCUT2D eigenvalue weighted by Crippen LogP contribution is -2.26. The number of anilines is 1. The van der Waals surface area contributed by atoms with Gasteiger partial charge in [-0.25, -0.2) is 10.5 Å². The van der Waals surface area contributed by atoms with E-state index < -0.39 is 0 Å². The van der Waals surface area contributed by atoms with Crippen LogP contribution < -0.4 is 10.7 Å². The molecular weight excluding hydrogens is 360 g/mol. The van der Waals surface area contributed by atoms with Crippen molar-refractivity contribution in [1.29, 1.82) is 5.53 Å². The number of unbranched alkanes of at least 4 members (excludes halogenated alkanes) is 3. The van der Waals surface area contributed by atoms with Gasteiger partial charge in [-0.15, -0.1) is 10.2 Å². The summed E-state index contributed by atoms with van der Waals surface area (Å²) in [5.74, 6) is 6.12. The summed E-state index contributed by atoms with van der Waals surface area (Å²) in [6.45, 7) is 2.23. The lowest BCUT2D eigenvalue weighted by Gasteiger charge is -2.18. The third-order valence-corrected chi connectivity index (χ3v) is 5.12. The van der Waals surface area contributed by atoms with E-state index in [9.17, 15) is 0 Å². The second kappa shape index (κ2) is 9.78. The van der Waals surface area contributed by atoms with Gasteiger partial charge in [-0.1, -0.05) is 62.6 Å². The molecule has 3 N–H and O–H groups in total. The number of hydrogen-bond donors (Lipinski definition) is 2. The molecular formula is C23H28N6. The van der Waals surface area contributed by atoms with Gasteiger partial charge in [-0.2, -0.15) is 0 Å². The number of rotatable bonds is 7. The van der Waals surface area contributed by atoms with E-state index in [4.69, 9.17) is 16.4 Å². The van der Waals surface area contributed by atoms with Crippen molar-refractivity contribution in [3.8, 4) is 11.1 Å². The van der Waals surface area contributed by atoms with Crippen molar-refractivity contribution in [1.82, 2.24) is 4.98 Å². The zero-order chi connectivity index (χ0) is 20.6. The molecule has 0 aliphatic carbocycles. The number of fused-ring (bicyclic) bond motifs is 1. The maximum Gasteiger partial charge on any atom is 0.266 e. The highest BCUT2D eigenvalue weighted by molar-refractivity contribution is 6.00. The Balaban J connectivity index is 2.08. The maximum atomic E-state index is 7.29. The molecule has 2 aromatic carbocycles. The molecule has 0 unspecified atom stereocenters. The molecule has 0 saturated heterocycles. The third kappa shape index (κ3) is 4.77. The summed E-state index contributed by atoms with van der Waals surface area (Å²) in [4.78, 5) is 6.40. The number of nitrogens with one attached hydrogen (secondary N) is 1. The number of guanidine groups is 1. The summed E-state index contributed by atoms with van der Waals surface area (Å²) in [6.07, 6.45) is 6.07. The van der Waals surface area contributed by atoms with Crippen LogP contribution in [0.4, 0.5) is 5.82 Å². The van der Waals surface area contributed by atoms with Crippen LogP contribution in [0, 0.1) is 5.53 Å². The zero-order valence-electron chi connectivity index (χ0n) is 17.1. The second-order valence-electron chi connectivity index (χ2n) is 7.16. The van der Waals surface area contributed by atoms with Crippen LogP contribution in [0.25, 0.3) is 22.0 Å². The van der Waals surface area contributed by atoms with Gasteiger partial charge in [0.25, 0.3) is 5.96 Å². The van der Waals surface area contributed by atoms with Crippen LogP contribution in [-0.4, -0.2) is 18.0 Å². The minimum Gasteiger partial charge on any atom is -0.320 e. The number of pyridine rings is 1. The summed E-state index contributed by atoms with van der Waals surface area (Å²) < 4.78 is 0. The van der Waals surface area contributed by atoms with Crippen molar-refractivity contribution in [2.24, 2.45) is 16.1 Å². The third-order valence-electron chi connectivity index (χ3n) is 5.12. The molecule has 0 amide bonds. The SMILES string of the molecule is CCCCCCc1ccc2nc(N(C)C(N=N)=NN)cc(-c3ccccc3)c2c1. The predicted molar refractivity (Wildman–Crippen MR) is 120 cm³/mol. The number of hydrogen-bond acceptors (Lipinski definition) is 4. The van der Waals surface area contributed by atoms with Crippen LogP contribution in [-0.2, 0) is 6.42 Å². The Morgan fingerprint density at radius 2 is 1.86 bits per heavy atom. The maximum absolute atomic E-state index is 7.29. The van der Waals surface area contributed by atoms with Crippen molar-refractivity contribution in [2.45, 2.75) is 39.0 Å². The molecule has 0 radical (unpaired) electrons. The fourth-order valence-electron chi connectivity index (χ4n) is 3.49. The normalized spacial score (nSPS) is 11.6. The first-order chi connectivity index (χ1) is 14.2. The van der Waals surface area contributed by atoms with Crippen LogP contribution in [0.15, 0.2) is 64.8 Å². The van der Waals surface area contributed by atoms with Crippen molar-refractivity contribution < 1.29 is 0 Å². The Morgan fingerprint density at radius 1 is 1.07 bits per heavy atom. The number of nitrogens with two attached hydrogens (primary N) is 1. The highest BCUT2D eigenvalue weighted by Crippen LogP contribution is 2.32. The van der Waals surface area contributed by atoms with Crippen LogP contribution in [0.3, 0.4) is 0 Å². The van der Waals surface area contributed by atoms with E-state index in [1.165, 1.54) is 31.2 Å². The Kier molecular flexibility index (Phi) is 6.89. The first-order valence-electron chi connectivity index (χ1n) is 10.1. The van der Waals surface area contributed by atoms with Gasteiger partial charge < -0.3 is 5.84 Å². The van der Waals surface area contributed by atoms with E-state index in [-0.39, 0.29) is 5.96 Å². The van der Waals surface area contributed by atoms with Crippen molar-refractivity contribution in [3.63, 3.8) is 0 Å². The van der Waals surface area contributed by atoms with Gasteiger partial charge >= 0.3 is 0 Å². The predicted octanol–water partition coefficient (Wildman–Crippen LogP) is 5.72. The minimum atomic E-state index is 0.100. The van der Waals surface area contributed by atoms with Gasteiger partial charge in [0, 0.05) is 12.4 Å². The molecule has 1 aromatic heterocycles. The summed E-state index contributed by atoms with van der Waals surface area (Å²) in [5.41, 5.74) is 11.7. The van der Waals surface area contributed by atoms with E-state index >= 15 is 0 Å². The summed E-state index contributed by atoms with van der Waals surface area (Å²) in [5, 5.41) is 8.09. The summed E-state index contributed by atoms with van der Waals surface area (Å²) in [6, 6.07) is 18.8. The van der Waals surface area contributed by atoms with Crippen molar-refractivity contribution in [3.05, 3.63) is 60.2 Å². The molecule has 0 spiro atoms. The highest BCUT2D eigenvalue weighted by Gasteiger charge is 2.14. The average Bonchev–Trinajstić information content (AvgIpc) is 2.77. The Hall–Kier alpha value is -3.28. The van der Waals surface area contributed by atoms with Gasteiger partial charge in [0.2, 0.25) is 0 Å². The second-order valence-corrected chi connectivity index (χ2v) is 7.16. The molecule has 150 valence electrons. The molecule has 0 saturated carbocycles. The monoisotopic (exact) mass is 388 g/mol. The van der Waals surface area contributed by atoms with Gasteiger partial charge in [0.1, 0.15) is 5.82 Å². The van der Waals surface area contributed by atoms with Gasteiger partial charge in [-0.3, -0.25) is 4.90 Å². The smallest absolute Gasteiger partial charge is 0.266 e. The minimum absolute atomic E-state index is 0.100. The number of nitrogens with zero attached hydrogens (tertiary/aromatic N) is 4. The quantitative estimate of drug-likeness (QED) is 0.135. The topological polar surface area (TPSA) is 90.7 Å². The Morgan fingerprint density at radius 3 is 2.55 bits per heavy atom. The standard InChI is InChI=1S/C23H28N6/c1-3-4-5-7-10-17-13-14-21-20(15-17)19(18-11-8-6-9-12-18)16-22(26-21)29(2)23(27-24)28-25/h6,8-9,11-16,24H,3-5,7,10,25H2,1-2H3. The van der Waals surface area contributed by atoms with Crippen LogP contribution in [0.1, 0.15) is 38.2 Å². The van der Waals surface area contributed by atoms with E-state index in [1.807, 2.05) is 24.3 Å². The molecule has 0 atom stereocenters. The summed E-state index contributed by atoms with van der Waals surface area (Å²) in [7, 11) is 1.76. The largest absolute Gasteiger partial charge is 0.320 e. The van der Waals surface area contributed by atoms with Crippen LogP contribution >= 0.6 is 0 Å². The molecule has 0 aliphatic rings. The molecule has 3 aromatic rings. The van der Waals surface area contributed by atoms with Gasteiger partial charge in [0.05, 0.1) is 5.52 Å². The molecule has 29 heavy (non-hydrogen) atoms. The van der Waals surface area contributed by atoms with Crippen LogP contribution in [0.2, 0.25) is 0 Å². The molecule has 0 fully saturated rings.